The minimum atomic E-state index is 0.512. The molecule has 1 aliphatic heterocycles. The van der Waals surface area contributed by atoms with Gasteiger partial charge in [0.2, 0.25) is 0 Å². The maximum absolute atomic E-state index is 6.46. The molecule has 4 rings (SSSR count). The summed E-state index contributed by atoms with van der Waals surface area (Å²) >= 11 is 12.4. The van der Waals surface area contributed by atoms with Crippen molar-refractivity contribution in [3.63, 3.8) is 0 Å². The molecule has 0 saturated heterocycles. The van der Waals surface area contributed by atoms with Gasteiger partial charge in [0.1, 0.15) is 5.15 Å². The van der Waals surface area contributed by atoms with Crippen LogP contribution < -0.4 is 5.32 Å². The molecule has 0 fully saturated rings. The Labute approximate surface area is 144 Å². The summed E-state index contributed by atoms with van der Waals surface area (Å²) in [4.78, 5) is 9.28. The molecule has 0 bridgehead atoms. The van der Waals surface area contributed by atoms with E-state index in [2.05, 4.69) is 22.4 Å². The topological polar surface area (TPSA) is 37.8 Å². The fraction of sp³-hybridized carbons (Fsp3) is 0.111. The van der Waals surface area contributed by atoms with Crippen LogP contribution >= 0.6 is 23.2 Å². The molecule has 1 aliphatic rings. The molecule has 0 atom stereocenters. The summed E-state index contributed by atoms with van der Waals surface area (Å²) in [5.74, 6) is 0.613. The zero-order valence-electron chi connectivity index (χ0n) is 12.2. The van der Waals surface area contributed by atoms with Crippen molar-refractivity contribution >= 4 is 28.9 Å². The predicted molar refractivity (Wildman–Crippen MR) is 95.1 cm³/mol. The van der Waals surface area contributed by atoms with Gasteiger partial charge in [0.15, 0.2) is 5.82 Å². The van der Waals surface area contributed by atoms with E-state index in [1.54, 1.807) is 0 Å². The Kier molecular flexibility index (Phi) is 3.68. The van der Waals surface area contributed by atoms with Gasteiger partial charge in [-0.05, 0) is 36.8 Å². The Morgan fingerprint density at radius 1 is 0.913 bits per heavy atom. The summed E-state index contributed by atoms with van der Waals surface area (Å²) in [6.45, 7) is 0.813. The Hall–Kier alpha value is -2.10. The Bertz CT molecular complexity index is 876. The number of benzene rings is 2. The molecule has 0 spiro atoms. The largest absolute Gasteiger partial charge is 0.384 e. The second-order valence-electron chi connectivity index (χ2n) is 5.39. The average Bonchev–Trinajstić information content (AvgIpc) is 2.75. The van der Waals surface area contributed by atoms with Crippen molar-refractivity contribution in [3.8, 4) is 22.6 Å². The van der Waals surface area contributed by atoms with Gasteiger partial charge in [-0.1, -0.05) is 41.4 Å². The lowest BCUT2D eigenvalue weighted by Gasteiger charge is -2.11. The molecule has 23 heavy (non-hydrogen) atoms. The lowest BCUT2D eigenvalue weighted by molar-refractivity contribution is 1.00. The summed E-state index contributed by atoms with van der Waals surface area (Å²) in [5.41, 5.74) is 4.91. The summed E-state index contributed by atoms with van der Waals surface area (Å²) in [7, 11) is 0. The summed E-state index contributed by atoms with van der Waals surface area (Å²) in [5, 5.41) is 4.62. The molecule has 0 saturated carbocycles. The first kappa shape index (κ1) is 14.5. The Morgan fingerprint density at radius 3 is 2.52 bits per heavy atom. The minimum absolute atomic E-state index is 0.512. The molecule has 3 nitrogen and oxygen atoms in total. The van der Waals surface area contributed by atoms with Crippen molar-refractivity contribution < 1.29 is 0 Å². The van der Waals surface area contributed by atoms with Gasteiger partial charge in [-0.3, -0.25) is 0 Å². The highest BCUT2D eigenvalue weighted by Crippen LogP contribution is 2.36. The molecule has 1 N–H and O–H groups in total. The Morgan fingerprint density at radius 2 is 1.70 bits per heavy atom. The SMILES string of the molecule is Clc1ccc(-c2nc(Cl)c3c(n2)-c2ccccc2NCC3)cc1. The molecule has 3 aromatic rings. The molecule has 5 heteroatoms. The van der Waals surface area contributed by atoms with E-state index in [-0.39, 0.29) is 0 Å². The van der Waals surface area contributed by atoms with Crippen molar-refractivity contribution in [2.45, 2.75) is 6.42 Å². The highest BCUT2D eigenvalue weighted by molar-refractivity contribution is 6.31. The van der Waals surface area contributed by atoms with Crippen molar-refractivity contribution in [2.75, 3.05) is 11.9 Å². The van der Waals surface area contributed by atoms with Crippen LogP contribution in [-0.4, -0.2) is 16.5 Å². The number of fused-ring (bicyclic) bond motifs is 3. The number of anilines is 1. The summed E-state index contributed by atoms with van der Waals surface area (Å²) in [6.07, 6.45) is 0.795. The van der Waals surface area contributed by atoms with Crippen LogP contribution in [0.25, 0.3) is 22.6 Å². The zero-order chi connectivity index (χ0) is 15.8. The first-order chi connectivity index (χ1) is 11.2. The van der Waals surface area contributed by atoms with Crippen LogP contribution in [0.15, 0.2) is 48.5 Å². The molecular formula is C18H13Cl2N3. The van der Waals surface area contributed by atoms with Gasteiger partial charge in [0.25, 0.3) is 0 Å². The number of hydrogen-bond donors (Lipinski definition) is 1. The fourth-order valence-corrected chi connectivity index (χ4v) is 3.18. The number of aromatic nitrogens is 2. The number of para-hydroxylation sites is 1. The monoisotopic (exact) mass is 341 g/mol. The highest BCUT2D eigenvalue weighted by Gasteiger charge is 2.20. The van der Waals surface area contributed by atoms with E-state index >= 15 is 0 Å². The lowest BCUT2D eigenvalue weighted by Crippen LogP contribution is -2.03. The van der Waals surface area contributed by atoms with Crippen molar-refractivity contribution in [3.05, 3.63) is 64.3 Å². The Balaban J connectivity index is 1.93. The quantitative estimate of drug-likeness (QED) is 0.626. The first-order valence-electron chi connectivity index (χ1n) is 7.38. The van der Waals surface area contributed by atoms with Crippen molar-refractivity contribution in [1.29, 1.82) is 0 Å². The lowest BCUT2D eigenvalue weighted by atomic mass is 10.0. The third-order valence-electron chi connectivity index (χ3n) is 3.93. The normalized spacial score (nSPS) is 12.8. The van der Waals surface area contributed by atoms with E-state index in [9.17, 15) is 0 Å². The van der Waals surface area contributed by atoms with Crippen molar-refractivity contribution in [2.24, 2.45) is 0 Å². The molecule has 2 heterocycles. The van der Waals surface area contributed by atoms with Gasteiger partial charge in [-0.2, -0.15) is 0 Å². The molecule has 2 aromatic carbocycles. The number of hydrogen-bond acceptors (Lipinski definition) is 3. The molecule has 0 amide bonds. The van der Waals surface area contributed by atoms with Gasteiger partial charge >= 0.3 is 0 Å². The molecule has 0 aliphatic carbocycles. The van der Waals surface area contributed by atoms with Gasteiger partial charge < -0.3 is 5.32 Å². The first-order valence-corrected chi connectivity index (χ1v) is 8.13. The van der Waals surface area contributed by atoms with Crippen LogP contribution in [0.4, 0.5) is 5.69 Å². The standard InChI is InChI=1S/C18H13Cl2N3/c19-12-7-5-11(6-8-12)18-22-16-13-3-1-2-4-15(13)21-10-9-14(16)17(20)23-18/h1-8,21H,9-10H2. The van der Waals surface area contributed by atoms with E-state index in [4.69, 9.17) is 28.2 Å². The highest BCUT2D eigenvalue weighted by atomic mass is 35.5. The number of rotatable bonds is 1. The second-order valence-corrected chi connectivity index (χ2v) is 6.19. The van der Waals surface area contributed by atoms with E-state index in [0.29, 0.717) is 16.0 Å². The van der Waals surface area contributed by atoms with Crippen LogP contribution in [0.5, 0.6) is 0 Å². The van der Waals surface area contributed by atoms with Crippen LogP contribution in [0.1, 0.15) is 5.56 Å². The summed E-state index contributed by atoms with van der Waals surface area (Å²) < 4.78 is 0. The molecule has 0 radical (unpaired) electrons. The number of nitrogens with one attached hydrogen (secondary N) is 1. The number of halogens is 2. The fourth-order valence-electron chi connectivity index (χ4n) is 2.79. The molecule has 1 aromatic heterocycles. The van der Waals surface area contributed by atoms with Gasteiger partial charge in [0.05, 0.1) is 5.69 Å². The van der Waals surface area contributed by atoms with E-state index < -0.39 is 0 Å². The van der Waals surface area contributed by atoms with Crippen LogP contribution in [0.3, 0.4) is 0 Å². The van der Waals surface area contributed by atoms with E-state index in [1.165, 1.54) is 0 Å². The predicted octanol–water partition coefficient (Wildman–Crippen LogP) is 5.09. The third-order valence-corrected chi connectivity index (χ3v) is 4.50. The smallest absolute Gasteiger partial charge is 0.161 e. The van der Waals surface area contributed by atoms with E-state index in [0.717, 1.165) is 41.0 Å². The van der Waals surface area contributed by atoms with Crippen LogP contribution in [-0.2, 0) is 6.42 Å². The molecular weight excluding hydrogens is 329 g/mol. The minimum Gasteiger partial charge on any atom is -0.384 e. The van der Waals surface area contributed by atoms with Crippen LogP contribution in [0.2, 0.25) is 10.2 Å². The van der Waals surface area contributed by atoms with Gasteiger partial charge in [-0.25, -0.2) is 9.97 Å². The molecule has 0 unspecified atom stereocenters. The maximum atomic E-state index is 6.46. The van der Waals surface area contributed by atoms with Crippen molar-refractivity contribution in [1.82, 2.24) is 9.97 Å². The van der Waals surface area contributed by atoms with Gasteiger partial charge in [0, 0.05) is 33.9 Å². The summed E-state index contributed by atoms with van der Waals surface area (Å²) in [6, 6.07) is 15.6. The zero-order valence-corrected chi connectivity index (χ0v) is 13.7. The van der Waals surface area contributed by atoms with E-state index in [1.807, 2.05) is 36.4 Å². The van der Waals surface area contributed by atoms with Crippen LogP contribution in [0, 0.1) is 0 Å². The third kappa shape index (κ3) is 2.67. The maximum Gasteiger partial charge on any atom is 0.161 e. The second kappa shape index (κ2) is 5.84. The average molecular weight is 342 g/mol. The number of nitrogens with zero attached hydrogens (tertiary/aromatic N) is 2. The molecule has 114 valence electrons. The van der Waals surface area contributed by atoms with Gasteiger partial charge in [-0.15, -0.1) is 0 Å².